The van der Waals surface area contributed by atoms with Crippen molar-refractivity contribution < 1.29 is 0 Å². The molecule has 0 aliphatic heterocycles. The van der Waals surface area contributed by atoms with Gasteiger partial charge in [0.2, 0.25) is 0 Å². The Bertz CT molecular complexity index is 1270. The van der Waals surface area contributed by atoms with Crippen LogP contribution < -0.4 is 10.9 Å². The van der Waals surface area contributed by atoms with Gasteiger partial charge in [-0.05, 0) is 56.4 Å². The van der Waals surface area contributed by atoms with Crippen LogP contribution in [0.2, 0.25) is 0 Å². The van der Waals surface area contributed by atoms with E-state index in [-0.39, 0.29) is 11.1 Å². The molecule has 1 aromatic carbocycles. The number of fused-ring (bicyclic) bond motifs is 1. The van der Waals surface area contributed by atoms with Crippen molar-refractivity contribution in [2.45, 2.75) is 58.0 Å². The minimum absolute atomic E-state index is 0.123. The number of anilines is 2. The molecule has 4 aromatic rings. The number of rotatable bonds is 5. The quantitative estimate of drug-likeness (QED) is 0.482. The lowest BCUT2D eigenvalue weighted by atomic mass is 9.86. The predicted octanol–water partition coefficient (Wildman–Crippen LogP) is 4.59. The van der Waals surface area contributed by atoms with E-state index in [1.54, 1.807) is 23.4 Å². The zero-order valence-corrected chi connectivity index (χ0v) is 18.7. The molecule has 0 radical (unpaired) electrons. The number of pyridine rings is 1. The predicted molar refractivity (Wildman–Crippen MR) is 125 cm³/mol. The number of hydrogen-bond acceptors (Lipinski definition) is 5. The van der Waals surface area contributed by atoms with Crippen molar-refractivity contribution in [2.24, 2.45) is 5.92 Å². The molecule has 5 rings (SSSR count). The van der Waals surface area contributed by atoms with Gasteiger partial charge in [-0.1, -0.05) is 31.9 Å². The van der Waals surface area contributed by atoms with Gasteiger partial charge in [-0.25, -0.2) is 0 Å². The third-order valence-corrected chi connectivity index (χ3v) is 6.78. The summed E-state index contributed by atoms with van der Waals surface area (Å²) in [6.07, 6.45) is 9.83. The number of H-pyrrole nitrogens is 1. The van der Waals surface area contributed by atoms with Gasteiger partial charge in [0.25, 0.3) is 5.56 Å². The van der Waals surface area contributed by atoms with Crippen molar-refractivity contribution in [3.05, 3.63) is 64.8 Å². The van der Waals surface area contributed by atoms with Gasteiger partial charge in [0.1, 0.15) is 10.9 Å². The van der Waals surface area contributed by atoms with E-state index < -0.39 is 0 Å². The first-order chi connectivity index (χ1) is 15.4. The number of aromatic amines is 1. The minimum Gasteiger partial charge on any atom is -0.338 e. The maximum atomic E-state index is 12.7. The standard InChI is InChI=1S/C24H29N7O/c1-16-6-4-5-7-19(16)30-20-12-13-25-23(32)21(20)22(29-30)28-18-10-8-17(9-11-18)24(2,3)31-26-14-15-27-31/h8-16,19H,4-7H2,1-3H3,(H,25,32)(H,28,29)/t16-,19-/m0/s1. The molecule has 1 fully saturated rings. The largest absolute Gasteiger partial charge is 0.338 e. The summed E-state index contributed by atoms with van der Waals surface area (Å²) in [4.78, 5) is 17.2. The fraction of sp³-hybridized carbons (Fsp3) is 0.417. The van der Waals surface area contributed by atoms with E-state index in [1.807, 2.05) is 18.2 Å². The molecule has 8 heteroatoms. The average Bonchev–Trinajstić information content (AvgIpc) is 3.45. The fourth-order valence-corrected chi connectivity index (χ4v) is 4.82. The van der Waals surface area contributed by atoms with Crippen LogP contribution in [-0.4, -0.2) is 29.8 Å². The molecule has 0 unspecified atom stereocenters. The molecule has 32 heavy (non-hydrogen) atoms. The number of hydrogen-bond donors (Lipinski definition) is 2. The van der Waals surface area contributed by atoms with Crippen molar-refractivity contribution in [1.29, 1.82) is 0 Å². The molecule has 0 amide bonds. The fourth-order valence-electron chi connectivity index (χ4n) is 4.82. The van der Waals surface area contributed by atoms with Gasteiger partial charge >= 0.3 is 0 Å². The Hall–Kier alpha value is -3.42. The molecule has 2 atom stereocenters. The van der Waals surface area contributed by atoms with Crippen molar-refractivity contribution in [3.8, 4) is 0 Å². The normalized spacial score (nSPS) is 19.3. The van der Waals surface area contributed by atoms with Gasteiger partial charge < -0.3 is 10.3 Å². The second-order valence-corrected chi connectivity index (χ2v) is 9.27. The highest BCUT2D eigenvalue weighted by Gasteiger charge is 2.27. The van der Waals surface area contributed by atoms with Gasteiger partial charge in [-0.15, -0.1) is 0 Å². The van der Waals surface area contributed by atoms with Gasteiger partial charge in [0, 0.05) is 11.9 Å². The molecule has 1 aliphatic carbocycles. The minimum atomic E-state index is -0.370. The van der Waals surface area contributed by atoms with E-state index in [4.69, 9.17) is 5.10 Å². The molecule has 0 spiro atoms. The smallest absolute Gasteiger partial charge is 0.261 e. The van der Waals surface area contributed by atoms with Crippen LogP contribution in [0.5, 0.6) is 0 Å². The van der Waals surface area contributed by atoms with Crippen LogP contribution >= 0.6 is 0 Å². The lowest BCUT2D eigenvalue weighted by molar-refractivity contribution is 0.246. The van der Waals surface area contributed by atoms with Gasteiger partial charge in [-0.2, -0.15) is 20.1 Å². The van der Waals surface area contributed by atoms with E-state index in [2.05, 4.69) is 58.1 Å². The van der Waals surface area contributed by atoms with Crippen LogP contribution in [0.15, 0.2) is 53.7 Å². The van der Waals surface area contributed by atoms with Crippen molar-refractivity contribution >= 4 is 22.4 Å². The van der Waals surface area contributed by atoms with E-state index in [0.29, 0.717) is 23.2 Å². The molecule has 3 heterocycles. The summed E-state index contributed by atoms with van der Waals surface area (Å²) in [7, 11) is 0. The SMILES string of the molecule is C[C@H]1CCCC[C@@H]1n1nc(Nc2ccc(C(C)(C)n3nccn3)cc2)c2c(=O)[nH]ccc21. The molecule has 0 bridgehead atoms. The second-order valence-electron chi connectivity index (χ2n) is 9.27. The zero-order chi connectivity index (χ0) is 22.3. The summed E-state index contributed by atoms with van der Waals surface area (Å²) < 4.78 is 2.07. The maximum Gasteiger partial charge on any atom is 0.261 e. The number of aromatic nitrogens is 6. The Balaban J connectivity index is 1.49. The molecule has 1 aliphatic rings. The number of benzene rings is 1. The van der Waals surface area contributed by atoms with Crippen LogP contribution in [0, 0.1) is 5.92 Å². The van der Waals surface area contributed by atoms with Gasteiger partial charge in [0.05, 0.1) is 24.0 Å². The first-order valence-electron chi connectivity index (χ1n) is 11.3. The molecular weight excluding hydrogens is 402 g/mol. The van der Waals surface area contributed by atoms with Crippen LogP contribution in [0.25, 0.3) is 10.9 Å². The topological polar surface area (TPSA) is 93.4 Å². The summed E-state index contributed by atoms with van der Waals surface area (Å²) in [5, 5.41) is 17.5. The number of nitrogens with zero attached hydrogens (tertiary/aromatic N) is 5. The van der Waals surface area contributed by atoms with Crippen molar-refractivity contribution in [1.82, 2.24) is 29.8 Å². The first-order valence-corrected chi connectivity index (χ1v) is 11.3. The Morgan fingerprint density at radius 3 is 2.50 bits per heavy atom. The third kappa shape index (κ3) is 3.49. The average molecular weight is 432 g/mol. The summed E-state index contributed by atoms with van der Waals surface area (Å²) >= 11 is 0. The van der Waals surface area contributed by atoms with E-state index in [1.165, 1.54) is 19.3 Å². The van der Waals surface area contributed by atoms with E-state index in [9.17, 15) is 4.79 Å². The highest BCUT2D eigenvalue weighted by Crippen LogP contribution is 2.36. The van der Waals surface area contributed by atoms with E-state index >= 15 is 0 Å². The molecular formula is C24H29N7O. The van der Waals surface area contributed by atoms with Crippen molar-refractivity contribution in [3.63, 3.8) is 0 Å². The molecule has 2 N–H and O–H groups in total. The molecule has 1 saturated carbocycles. The summed E-state index contributed by atoms with van der Waals surface area (Å²) in [5.74, 6) is 1.14. The summed E-state index contributed by atoms with van der Waals surface area (Å²) in [5.41, 5.74) is 2.36. The number of nitrogens with one attached hydrogen (secondary N) is 2. The van der Waals surface area contributed by atoms with Crippen molar-refractivity contribution in [2.75, 3.05) is 5.32 Å². The molecule has 0 saturated heterocycles. The summed E-state index contributed by atoms with van der Waals surface area (Å²) in [6.45, 7) is 6.44. The molecule has 8 nitrogen and oxygen atoms in total. The van der Waals surface area contributed by atoms with Crippen LogP contribution in [-0.2, 0) is 5.54 Å². The Labute approximate surface area is 186 Å². The summed E-state index contributed by atoms with van der Waals surface area (Å²) in [6, 6.07) is 10.4. The Morgan fingerprint density at radius 2 is 1.78 bits per heavy atom. The first kappa shape index (κ1) is 20.5. The Morgan fingerprint density at radius 1 is 1.06 bits per heavy atom. The third-order valence-electron chi connectivity index (χ3n) is 6.78. The van der Waals surface area contributed by atoms with Crippen LogP contribution in [0.4, 0.5) is 11.5 Å². The van der Waals surface area contributed by atoms with Gasteiger partial charge in [-0.3, -0.25) is 9.48 Å². The highest BCUT2D eigenvalue weighted by molar-refractivity contribution is 5.91. The lowest BCUT2D eigenvalue weighted by Crippen LogP contribution is -2.29. The van der Waals surface area contributed by atoms with E-state index in [0.717, 1.165) is 23.2 Å². The second kappa shape index (κ2) is 7.93. The molecule has 3 aromatic heterocycles. The monoisotopic (exact) mass is 431 g/mol. The maximum absolute atomic E-state index is 12.7. The lowest BCUT2D eigenvalue weighted by Gasteiger charge is -2.29. The highest BCUT2D eigenvalue weighted by atomic mass is 16.1. The van der Waals surface area contributed by atoms with Crippen LogP contribution in [0.1, 0.15) is 58.1 Å². The van der Waals surface area contributed by atoms with Gasteiger partial charge in [0.15, 0.2) is 5.82 Å². The molecule has 166 valence electrons. The van der Waals surface area contributed by atoms with Crippen LogP contribution in [0.3, 0.4) is 0 Å². The Kier molecular flexibility index (Phi) is 5.07. The zero-order valence-electron chi connectivity index (χ0n) is 18.7.